The molecule has 51 heavy (non-hydrogen) atoms. The van der Waals surface area contributed by atoms with Gasteiger partial charge in [0.1, 0.15) is 17.1 Å². The first-order valence-corrected chi connectivity index (χ1v) is 19.7. The maximum atomic E-state index is 12.6. The number of hydrogen-bond acceptors (Lipinski definition) is 11. The molecule has 0 atom stereocenters. The van der Waals surface area contributed by atoms with Crippen LogP contribution in [-0.2, 0) is 24.5 Å². The Balaban J connectivity index is 0.000000233. The van der Waals surface area contributed by atoms with E-state index in [0.717, 1.165) is 32.9 Å². The summed E-state index contributed by atoms with van der Waals surface area (Å²) in [6.07, 6.45) is 10.3. The van der Waals surface area contributed by atoms with E-state index < -0.39 is 13.2 Å². The van der Waals surface area contributed by atoms with Crippen molar-refractivity contribution in [2.45, 2.75) is 59.2 Å². The van der Waals surface area contributed by atoms with Crippen LogP contribution in [0.1, 0.15) is 58.6 Å². The van der Waals surface area contributed by atoms with Crippen LogP contribution in [0, 0.1) is 0 Å². The van der Waals surface area contributed by atoms with Crippen molar-refractivity contribution in [3.63, 3.8) is 0 Å². The van der Waals surface area contributed by atoms with Crippen molar-refractivity contribution in [2.75, 3.05) is 26.3 Å². The van der Waals surface area contributed by atoms with Crippen molar-refractivity contribution >= 4 is 51.6 Å². The number of piperidine rings is 1. The lowest BCUT2D eigenvalue weighted by molar-refractivity contribution is 0.0236. The Bertz CT molecular complexity index is 1790. The van der Waals surface area contributed by atoms with Crippen LogP contribution < -0.4 is 9.47 Å². The van der Waals surface area contributed by atoms with Gasteiger partial charge in [0.25, 0.3) is 0 Å². The molecule has 1 fully saturated rings. The molecule has 4 aromatic rings. The molecule has 0 unspecified atom stereocenters. The minimum absolute atomic E-state index is 0.188. The van der Waals surface area contributed by atoms with E-state index in [1.54, 1.807) is 55.7 Å². The SMILES string of the molecule is CC(C)(C)OC(=O)N1CCC(=Cc2cccc(Oc3ncc(Br)cn3)c2)CC1.CCOP(=O)(Cc1cccc(Oc2ncc(Br)cn2)c1)OCC. The van der Waals surface area contributed by atoms with Crippen LogP contribution in [0.5, 0.6) is 23.5 Å². The fourth-order valence-electron chi connectivity index (χ4n) is 4.72. The average Bonchev–Trinajstić information content (AvgIpc) is 3.07. The van der Waals surface area contributed by atoms with Gasteiger partial charge in [-0.3, -0.25) is 4.57 Å². The van der Waals surface area contributed by atoms with E-state index in [0.29, 0.717) is 43.8 Å². The van der Waals surface area contributed by atoms with E-state index in [1.165, 1.54) is 5.57 Å². The first-order chi connectivity index (χ1) is 24.3. The lowest BCUT2D eigenvalue weighted by Gasteiger charge is -2.31. The third-order valence-electron chi connectivity index (χ3n) is 6.82. The van der Waals surface area contributed by atoms with Crippen molar-refractivity contribution in [1.29, 1.82) is 0 Å². The zero-order chi connectivity index (χ0) is 36.9. The molecule has 0 radical (unpaired) electrons. The van der Waals surface area contributed by atoms with Gasteiger partial charge in [-0.05, 0) is 115 Å². The summed E-state index contributed by atoms with van der Waals surface area (Å²) in [6, 6.07) is 15.6. The number of benzene rings is 2. The van der Waals surface area contributed by atoms with Crippen molar-refractivity contribution in [2.24, 2.45) is 0 Å². The molecule has 1 amide bonds. The fraction of sp³-hybridized carbons (Fsp3) is 0.361. The number of hydrogen-bond donors (Lipinski definition) is 0. The fourth-order valence-corrected chi connectivity index (χ4v) is 6.82. The summed E-state index contributed by atoms with van der Waals surface area (Å²) in [6.45, 7) is 11.2. The van der Waals surface area contributed by atoms with Crippen LogP contribution in [0.15, 0.2) is 87.8 Å². The highest BCUT2D eigenvalue weighted by atomic mass is 79.9. The molecule has 0 N–H and O–H groups in total. The van der Waals surface area contributed by atoms with Gasteiger partial charge < -0.3 is 28.2 Å². The van der Waals surface area contributed by atoms with Gasteiger partial charge in [-0.1, -0.05) is 35.9 Å². The van der Waals surface area contributed by atoms with Gasteiger partial charge in [-0.15, -0.1) is 0 Å². The summed E-state index contributed by atoms with van der Waals surface area (Å²) in [5.74, 6) is 1.24. The summed E-state index contributed by atoms with van der Waals surface area (Å²) in [5, 5.41) is 0. The Labute approximate surface area is 315 Å². The summed E-state index contributed by atoms with van der Waals surface area (Å²) in [4.78, 5) is 30.3. The first-order valence-electron chi connectivity index (χ1n) is 16.4. The largest absolute Gasteiger partial charge is 0.444 e. The number of aromatic nitrogens is 4. The second kappa shape index (κ2) is 19.2. The van der Waals surface area contributed by atoms with E-state index >= 15 is 0 Å². The van der Waals surface area contributed by atoms with Gasteiger partial charge >= 0.3 is 25.7 Å². The van der Waals surface area contributed by atoms with Gasteiger partial charge in [0.15, 0.2) is 0 Å². The standard InChI is InChI=1S/C21H24BrN3O3.C15H18BrN2O4P/c1-21(2,3)28-20(26)25-9-7-15(8-10-25)11-16-5-4-6-18(12-16)27-19-23-13-17(22)14-24-19;1-3-20-23(19,21-4-2)11-12-6-5-7-14(8-12)22-15-17-9-13(16)10-18-15/h4-6,11-14H,7-10H2,1-3H3;5-10H,3-4,11H2,1-2H3. The van der Waals surface area contributed by atoms with Crippen molar-refractivity contribution < 1.29 is 32.6 Å². The maximum absolute atomic E-state index is 12.6. The summed E-state index contributed by atoms with van der Waals surface area (Å²) >= 11 is 6.57. The van der Waals surface area contributed by atoms with Crippen molar-refractivity contribution in [1.82, 2.24) is 24.8 Å². The minimum atomic E-state index is -3.14. The highest BCUT2D eigenvalue weighted by Gasteiger charge is 2.25. The van der Waals surface area contributed by atoms with Gasteiger partial charge in [0.2, 0.25) is 0 Å². The zero-order valence-corrected chi connectivity index (χ0v) is 33.3. The quantitative estimate of drug-likeness (QED) is 0.134. The van der Waals surface area contributed by atoms with Gasteiger partial charge in [-0.2, -0.15) is 0 Å². The molecule has 1 saturated heterocycles. The van der Waals surface area contributed by atoms with E-state index in [9.17, 15) is 9.36 Å². The number of likely N-dealkylation sites (tertiary alicyclic amines) is 1. The number of carbonyl (C=O) groups excluding carboxylic acids is 1. The summed E-state index contributed by atoms with van der Waals surface area (Å²) < 4.78 is 41.5. The predicted molar refractivity (Wildman–Crippen MR) is 202 cm³/mol. The Morgan fingerprint density at radius 2 is 1.33 bits per heavy atom. The topological polar surface area (TPSA) is 135 Å². The molecule has 2 aromatic carbocycles. The van der Waals surface area contributed by atoms with E-state index in [2.05, 4.69) is 57.9 Å². The predicted octanol–water partition coefficient (Wildman–Crippen LogP) is 10.2. The Morgan fingerprint density at radius 3 is 1.84 bits per heavy atom. The second-order valence-corrected chi connectivity index (χ2v) is 16.1. The van der Waals surface area contributed by atoms with Crippen LogP contribution >= 0.6 is 39.5 Å². The first kappa shape index (κ1) is 40.1. The number of nitrogens with zero attached hydrogens (tertiary/aromatic N) is 5. The number of halogens is 2. The lowest BCUT2D eigenvalue weighted by atomic mass is 10.0. The highest BCUT2D eigenvalue weighted by Crippen LogP contribution is 2.51. The van der Waals surface area contributed by atoms with E-state index in [1.807, 2.05) is 57.2 Å². The number of rotatable bonds is 11. The Kier molecular flexibility index (Phi) is 15.1. The molecule has 0 bridgehead atoms. The number of amides is 1. The number of carbonyl (C=O) groups is 1. The lowest BCUT2D eigenvalue weighted by Crippen LogP contribution is -2.40. The van der Waals surface area contributed by atoms with Crippen LogP contribution in [0.3, 0.4) is 0 Å². The number of ether oxygens (including phenoxy) is 3. The van der Waals surface area contributed by atoms with Crippen LogP contribution in [0.25, 0.3) is 6.08 Å². The van der Waals surface area contributed by atoms with E-state index in [4.69, 9.17) is 23.3 Å². The molecule has 1 aliphatic rings. The van der Waals surface area contributed by atoms with Gasteiger partial charge in [-0.25, -0.2) is 24.7 Å². The molecule has 12 nitrogen and oxygen atoms in total. The van der Waals surface area contributed by atoms with Crippen molar-refractivity contribution in [3.05, 3.63) is 99.0 Å². The molecule has 5 rings (SSSR count). The Morgan fingerprint density at radius 1 is 0.824 bits per heavy atom. The van der Waals surface area contributed by atoms with E-state index in [-0.39, 0.29) is 18.3 Å². The maximum Gasteiger partial charge on any atom is 0.410 e. The third-order valence-corrected chi connectivity index (χ3v) is 9.70. The molecule has 0 saturated carbocycles. The monoisotopic (exact) mass is 845 g/mol. The Hall–Kier alpha value is -3.68. The van der Waals surface area contributed by atoms with Crippen molar-refractivity contribution in [3.8, 4) is 23.5 Å². The third kappa shape index (κ3) is 14.1. The van der Waals surface area contributed by atoms with Gasteiger partial charge in [0, 0.05) is 37.9 Å². The molecule has 2 aromatic heterocycles. The highest BCUT2D eigenvalue weighted by molar-refractivity contribution is 9.10. The zero-order valence-electron chi connectivity index (χ0n) is 29.3. The van der Waals surface area contributed by atoms with Crippen LogP contribution in [0.2, 0.25) is 0 Å². The average molecular weight is 848 g/mol. The minimum Gasteiger partial charge on any atom is -0.444 e. The molecule has 3 heterocycles. The molecule has 0 spiro atoms. The van der Waals surface area contributed by atoms with Crippen LogP contribution in [-0.4, -0.2) is 62.8 Å². The molecule has 15 heteroatoms. The molecular formula is C36H42Br2N5O7P. The molecule has 1 aliphatic heterocycles. The summed E-state index contributed by atoms with van der Waals surface area (Å²) in [7, 11) is -3.14. The molecule has 0 aliphatic carbocycles. The normalized spacial score (nSPS) is 13.2. The molecular weight excluding hydrogens is 805 g/mol. The van der Waals surface area contributed by atoms with Gasteiger partial charge in [0.05, 0.1) is 28.3 Å². The second-order valence-electron chi connectivity index (χ2n) is 12.2. The molecule has 272 valence electrons. The summed E-state index contributed by atoms with van der Waals surface area (Å²) in [5.41, 5.74) is 2.68. The smallest absolute Gasteiger partial charge is 0.410 e. The van der Waals surface area contributed by atoms with Crippen LogP contribution in [0.4, 0.5) is 4.79 Å².